The van der Waals surface area contributed by atoms with E-state index in [-0.39, 0.29) is 4.47 Å². The largest absolute Gasteiger partial charge is 0.396 e. The fraction of sp³-hybridized carbons (Fsp3) is 0. The molecule has 0 radical (unpaired) electrons. The number of benzene rings is 1. The van der Waals surface area contributed by atoms with Gasteiger partial charge in [-0.3, -0.25) is 0 Å². The zero-order valence-electron chi connectivity index (χ0n) is 6.09. The number of hydrogen-bond donors (Lipinski definition) is 1. The summed E-state index contributed by atoms with van der Waals surface area (Å²) in [5.41, 5.74) is 4.64. The molecule has 2 N–H and O–H groups in total. The lowest BCUT2D eigenvalue weighted by Gasteiger charge is -2.01. The maximum Gasteiger partial charge on any atom is 0.333 e. The van der Waals surface area contributed by atoms with Gasteiger partial charge < -0.3 is 5.73 Å². The van der Waals surface area contributed by atoms with Crippen LogP contribution in [0.5, 0.6) is 0 Å². The van der Waals surface area contributed by atoms with E-state index in [0.717, 1.165) is 12.1 Å². The summed E-state index contributed by atoms with van der Waals surface area (Å²) >= 11 is 2.70. The molecule has 0 spiro atoms. The van der Waals surface area contributed by atoms with Gasteiger partial charge in [-0.2, -0.15) is 8.42 Å². The van der Waals surface area contributed by atoms with Gasteiger partial charge in [0.05, 0.1) is 5.69 Å². The van der Waals surface area contributed by atoms with Crippen LogP contribution in [0.2, 0.25) is 0 Å². The molecule has 0 atom stereocenters. The van der Waals surface area contributed by atoms with Gasteiger partial charge in [-0.1, -0.05) is 0 Å². The van der Waals surface area contributed by atoms with Gasteiger partial charge in [0.25, 0.3) is 0 Å². The van der Waals surface area contributed by atoms with Gasteiger partial charge in [0.15, 0.2) is 0 Å². The molecule has 0 amide bonds. The predicted octanol–water partition coefficient (Wildman–Crippen LogP) is 1.83. The van der Waals surface area contributed by atoms with E-state index in [0.29, 0.717) is 0 Å². The first-order valence-electron chi connectivity index (χ1n) is 3.01. The number of rotatable bonds is 1. The van der Waals surface area contributed by atoms with Crippen molar-refractivity contribution in [3.63, 3.8) is 0 Å². The summed E-state index contributed by atoms with van der Waals surface area (Å²) in [4.78, 5) is -0.675. The molecule has 0 saturated carbocycles. The fourth-order valence-corrected chi connectivity index (χ4v) is 2.19. The normalized spacial score (nSPS) is 11.6. The Balaban J connectivity index is 3.50. The molecule has 0 heterocycles. The quantitative estimate of drug-likeness (QED) is 0.626. The lowest BCUT2D eigenvalue weighted by molar-refractivity contribution is 0.551. The second-order valence-corrected chi connectivity index (χ2v) is 4.41. The molecule has 13 heavy (non-hydrogen) atoms. The molecule has 1 aromatic carbocycles. The summed E-state index contributed by atoms with van der Waals surface area (Å²) in [5, 5.41) is 0. The topological polar surface area (TPSA) is 60.2 Å². The smallest absolute Gasteiger partial charge is 0.333 e. The highest BCUT2D eigenvalue weighted by Gasteiger charge is 2.18. The van der Waals surface area contributed by atoms with E-state index < -0.39 is 26.6 Å². The van der Waals surface area contributed by atoms with Crippen LogP contribution >= 0.6 is 15.9 Å². The van der Waals surface area contributed by atoms with Crippen LogP contribution in [0.25, 0.3) is 0 Å². The number of nitrogen functional groups attached to an aromatic ring is 1. The summed E-state index contributed by atoms with van der Waals surface area (Å²) in [5.74, 6) is -0.806. The first-order chi connectivity index (χ1) is 5.82. The molecule has 0 bridgehead atoms. The number of anilines is 1. The highest BCUT2D eigenvalue weighted by molar-refractivity contribution is 9.10. The first kappa shape index (κ1) is 10.4. The van der Waals surface area contributed by atoms with E-state index in [9.17, 15) is 16.7 Å². The molecule has 1 rings (SSSR count). The molecule has 0 aliphatic rings. The Kier molecular flexibility index (Phi) is 2.58. The Morgan fingerprint density at radius 3 is 2.38 bits per heavy atom. The van der Waals surface area contributed by atoms with E-state index in [4.69, 9.17) is 5.73 Å². The molecule has 0 unspecified atom stereocenters. The summed E-state index contributed by atoms with van der Waals surface area (Å²) < 4.78 is 45.8. The SMILES string of the molecule is Nc1cc(S(=O)(=O)F)c(Br)cc1F. The minimum atomic E-state index is -4.87. The molecule has 0 fully saturated rings. The Labute approximate surface area is 81.9 Å². The Morgan fingerprint density at radius 1 is 1.38 bits per heavy atom. The zero-order chi connectivity index (χ0) is 10.2. The summed E-state index contributed by atoms with van der Waals surface area (Å²) in [6, 6.07) is 1.51. The van der Waals surface area contributed by atoms with Crippen molar-refractivity contribution in [2.24, 2.45) is 0 Å². The summed E-state index contributed by atoms with van der Waals surface area (Å²) in [6.45, 7) is 0. The lowest BCUT2D eigenvalue weighted by atomic mass is 10.3. The summed E-state index contributed by atoms with van der Waals surface area (Å²) in [6.07, 6.45) is 0. The van der Waals surface area contributed by atoms with Crippen molar-refractivity contribution in [3.05, 3.63) is 22.4 Å². The zero-order valence-corrected chi connectivity index (χ0v) is 8.49. The minimum Gasteiger partial charge on any atom is -0.396 e. The standard InChI is InChI=1S/C6H4BrF2NO2S/c7-3-1-4(8)5(10)2-6(3)13(9,11)12/h1-2H,10H2. The highest BCUT2D eigenvalue weighted by Crippen LogP contribution is 2.27. The number of halogens is 3. The van der Waals surface area contributed by atoms with Crippen LogP contribution in [0.4, 0.5) is 14.0 Å². The minimum absolute atomic E-state index is 0.193. The van der Waals surface area contributed by atoms with Crippen LogP contribution in [0.1, 0.15) is 0 Å². The maximum atomic E-state index is 12.7. The maximum absolute atomic E-state index is 12.7. The first-order valence-corrected chi connectivity index (χ1v) is 5.19. The molecular formula is C6H4BrF2NO2S. The number of hydrogen-bond acceptors (Lipinski definition) is 3. The molecular weight excluding hydrogens is 268 g/mol. The third kappa shape index (κ3) is 2.16. The third-order valence-corrected chi connectivity index (χ3v) is 3.10. The van der Waals surface area contributed by atoms with E-state index in [1.807, 2.05) is 0 Å². The Morgan fingerprint density at radius 2 is 1.92 bits per heavy atom. The molecule has 72 valence electrons. The van der Waals surface area contributed by atoms with E-state index in [1.165, 1.54) is 0 Å². The number of nitrogens with two attached hydrogens (primary N) is 1. The van der Waals surface area contributed by atoms with Gasteiger partial charge in [-0.15, -0.1) is 3.89 Å². The molecule has 7 heteroatoms. The summed E-state index contributed by atoms with van der Waals surface area (Å²) in [7, 11) is -4.87. The molecule has 0 aromatic heterocycles. The van der Waals surface area contributed by atoms with Crippen molar-refractivity contribution in [1.82, 2.24) is 0 Å². The van der Waals surface area contributed by atoms with Gasteiger partial charge in [0.1, 0.15) is 10.7 Å². The van der Waals surface area contributed by atoms with Crippen LogP contribution in [-0.2, 0) is 10.2 Å². The van der Waals surface area contributed by atoms with Gasteiger partial charge in [0, 0.05) is 4.47 Å². The molecule has 0 aliphatic heterocycles. The average Bonchev–Trinajstić information content (AvgIpc) is 1.94. The predicted molar refractivity (Wildman–Crippen MR) is 46.8 cm³/mol. The van der Waals surface area contributed by atoms with Crippen molar-refractivity contribution in [3.8, 4) is 0 Å². The van der Waals surface area contributed by atoms with Gasteiger partial charge in [-0.25, -0.2) is 4.39 Å². The van der Waals surface area contributed by atoms with Crippen molar-refractivity contribution >= 4 is 31.8 Å². The molecule has 0 aliphatic carbocycles. The van der Waals surface area contributed by atoms with Gasteiger partial charge in [-0.05, 0) is 28.1 Å². The lowest BCUT2D eigenvalue weighted by Crippen LogP contribution is -1.98. The van der Waals surface area contributed by atoms with Crippen LogP contribution < -0.4 is 5.73 Å². The van der Waals surface area contributed by atoms with E-state index >= 15 is 0 Å². The second kappa shape index (κ2) is 3.22. The molecule has 0 saturated heterocycles. The van der Waals surface area contributed by atoms with Gasteiger partial charge in [0.2, 0.25) is 0 Å². The van der Waals surface area contributed by atoms with Crippen LogP contribution in [0, 0.1) is 5.82 Å². The fourth-order valence-electron chi connectivity index (χ4n) is 0.732. The molecule has 3 nitrogen and oxygen atoms in total. The van der Waals surface area contributed by atoms with Crippen molar-refractivity contribution in [1.29, 1.82) is 0 Å². The third-order valence-electron chi connectivity index (χ3n) is 1.31. The Hall–Kier alpha value is -0.690. The van der Waals surface area contributed by atoms with Crippen LogP contribution in [0.15, 0.2) is 21.5 Å². The molecule has 1 aromatic rings. The van der Waals surface area contributed by atoms with Crippen molar-refractivity contribution < 1.29 is 16.7 Å². The van der Waals surface area contributed by atoms with Crippen molar-refractivity contribution in [2.75, 3.05) is 5.73 Å². The van der Waals surface area contributed by atoms with Crippen LogP contribution in [0.3, 0.4) is 0 Å². The second-order valence-electron chi connectivity index (χ2n) is 2.24. The van der Waals surface area contributed by atoms with E-state index in [2.05, 4.69) is 15.9 Å². The highest BCUT2D eigenvalue weighted by atomic mass is 79.9. The van der Waals surface area contributed by atoms with Gasteiger partial charge >= 0.3 is 10.2 Å². The van der Waals surface area contributed by atoms with Crippen molar-refractivity contribution in [2.45, 2.75) is 4.90 Å². The average molecular weight is 272 g/mol. The van der Waals surface area contributed by atoms with E-state index in [1.54, 1.807) is 0 Å². The monoisotopic (exact) mass is 271 g/mol. The van der Waals surface area contributed by atoms with Crippen LogP contribution in [-0.4, -0.2) is 8.42 Å². The Bertz CT molecular complexity index is 446.